The van der Waals surface area contributed by atoms with E-state index in [1.165, 1.54) is 12.1 Å². The van der Waals surface area contributed by atoms with E-state index < -0.39 is 0 Å². The molecule has 6 nitrogen and oxygen atoms in total. The first-order chi connectivity index (χ1) is 14.1. The highest BCUT2D eigenvalue weighted by atomic mass is 19.1. The standard InChI is InChI=1S/C22H29FN2O4/c1-2-28-12-6-11-24-21(26)15-25-18-9-3-4-10-19(18)29-20(22(25)27)14-16-7-5-8-17(23)13-16/h5,7-8,13-14,18-19H,2-4,6,9-12,15H2,1H3,(H,24,26)/b20-14+. The van der Waals surface area contributed by atoms with Gasteiger partial charge in [-0.1, -0.05) is 18.6 Å². The van der Waals surface area contributed by atoms with E-state index in [1.807, 2.05) is 6.92 Å². The first-order valence-electron chi connectivity index (χ1n) is 10.4. The van der Waals surface area contributed by atoms with Crippen molar-refractivity contribution in [2.75, 3.05) is 26.3 Å². The van der Waals surface area contributed by atoms with Crippen LogP contribution in [0.5, 0.6) is 0 Å². The van der Waals surface area contributed by atoms with Gasteiger partial charge in [0.25, 0.3) is 5.91 Å². The second kappa shape index (κ2) is 10.4. The number of carbonyl (C=O) groups excluding carboxylic acids is 2. The Bertz CT molecular complexity index is 752. The molecule has 2 amide bonds. The van der Waals surface area contributed by atoms with Gasteiger partial charge in [-0.15, -0.1) is 0 Å². The Morgan fingerprint density at radius 3 is 3.00 bits per heavy atom. The van der Waals surface area contributed by atoms with Gasteiger partial charge in [0, 0.05) is 19.8 Å². The Hall–Kier alpha value is -2.41. The van der Waals surface area contributed by atoms with Crippen molar-refractivity contribution in [3.8, 4) is 0 Å². The molecular formula is C22H29FN2O4. The van der Waals surface area contributed by atoms with Crippen LogP contribution in [0.4, 0.5) is 4.39 Å². The molecule has 2 atom stereocenters. The van der Waals surface area contributed by atoms with E-state index in [-0.39, 0.29) is 42.1 Å². The van der Waals surface area contributed by atoms with E-state index >= 15 is 0 Å². The third kappa shape index (κ3) is 5.79. The average Bonchev–Trinajstić information content (AvgIpc) is 2.71. The fourth-order valence-electron chi connectivity index (χ4n) is 3.87. The summed E-state index contributed by atoms with van der Waals surface area (Å²) in [6.07, 6.45) is 5.85. The summed E-state index contributed by atoms with van der Waals surface area (Å²) in [5.41, 5.74) is 0.558. The van der Waals surface area contributed by atoms with Crippen LogP contribution in [0.1, 0.15) is 44.6 Å². The molecule has 0 radical (unpaired) electrons. The summed E-state index contributed by atoms with van der Waals surface area (Å²) in [5.74, 6) is -0.711. The number of halogens is 1. The molecule has 1 heterocycles. The normalized spacial score (nSPS) is 22.9. The number of amides is 2. The Morgan fingerprint density at radius 2 is 2.21 bits per heavy atom. The highest BCUT2D eigenvalue weighted by Gasteiger charge is 2.42. The molecule has 1 N–H and O–H groups in total. The van der Waals surface area contributed by atoms with Crippen molar-refractivity contribution < 1.29 is 23.5 Å². The number of carbonyl (C=O) groups is 2. The van der Waals surface area contributed by atoms with E-state index in [4.69, 9.17) is 9.47 Å². The van der Waals surface area contributed by atoms with Gasteiger partial charge in [-0.3, -0.25) is 9.59 Å². The number of hydrogen-bond acceptors (Lipinski definition) is 4. The SMILES string of the molecule is CCOCCCNC(=O)CN1C(=O)/C(=C\c2cccc(F)c2)OC2CCCCC21. The average molecular weight is 404 g/mol. The quantitative estimate of drug-likeness (QED) is 0.534. The number of nitrogens with one attached hydrogen (secondary N) is 1. The highest BCUT2D eigenvalue weighted by molar-refractivity contribution is 5.98. The number of nitrogens with zero attached hydrogens (tertiary/aromatic N) is 1. The van der Waals surface area contributed by atoms with Gasteiger partial charge in [-0.25, -0.2) is 4.39 Å². The van der Waals surface area contributed by atoms with Gasteiger partial charge in [-0.2, -0.15) is 0 Å². The van der Waals surface area contributed by atoms with Crippen LogP contribution in [0.15, 0.2) is 30.0 Å². The zero-order valence-corrected chi connectivity index (χ0v) is 16.9. The van der Waals surface area contributed by atoms with Crippen LogP contribution in [-0.2, 0) is 19.1 Å². The second-order valence-electron chi connectivity index (χ2n) is 7.41. The highest BCUT2D eigenvalue weighted by Crippen LogP contribution is 2.33. The lowest BCUT2D eigenvalue weighted by atomic mass is 9.89. The summed E-state index contributed by atoms with van der Waals surface area (Å²) in [7, 11) is 0. The number of fused-ring (bicyclic) bond motifs is 1. The van der Waals surface area contributed by atoms with Gasteiger partial charge >= 0.3 is 0 Å². The summed E-state index contributed by atoms with van der Waals surface area (Å²) in [5, 5.41) is 2.85. The lowest BCUT2D eigenvalue weighted by Gasteiger charge is -2.44. The van der Waals surface area contributed by atoms with E-state index in [1.54, 1.807) is 23.1 Å². The Labute approximate surface area is 171 Å². The summed E-state index contributed by atoms with van der Waals surface area (Å²) < 4.78 is 24.8. The van der Waals surface area contributed by atoms with E-state index in [9.17, 15) is 14.0 Å². The summed E-state index contributed by atoms with van der Waals surface area (Å²) >= 11 is 0. The molecule has 0 spiro atoms. The molecule has 2 aliphatic rings. The number of hydrogen-bond donors (Lipinski definition) is 1. The molecule has 7 heteroatoms. The number of ether oxygens (including phenoxy) is 2. The lowest BCUT2D eigenvalue weighted by molar-refractivity contribution is -0.151. The van der Waals surface area contributed by atoms with Gasteiger partial charge in [-0.05, 0) is 56.4 Å². The van der Waals surface area contributed by atoms with E-state index in [0.717, 1.165) is 32.1 Å². The third-order valence-corrected chi connectivity index (χ3v) is 5.27. The fourth-order valence-corrected chi connectivity index (χ4v) is 3.87. The van der Waals surface area contributed by atoms with Gasteiger partial charge in [0.2, 0.25) is 5.91 Å². The van der Waals surface area contributed by atoms with Crippen LogP contribution < -0.4 is 5.32 Å². The number of morpholine rings is 1. The van der Waals surface area contributed by atoms with Crippen molar-refractivity contribution in [1.82, 2.24) is 10.2 Å². The predicted octanol–water partition coefficient (Wildman–Crippen LogP) is 2.88. The maximum Gasteiger partial charge on any atom is 0.289 e. The van der Waals surface area contributed by atoms with Gasteiger partial charge in [0.05, 0.1) is 6.04 Å². The van der Waals surface area contributed by atoms with Crippen LogP contribution in [0, 0.1) is 5.82 Å². The molecule has 29 heavy (non-hydrogen) atoms. The second-order valence-corrected chi connectivity index (χ2v) is 7.41. The maximum atomic E-state index is 13.5. The molecule has 1 saturated heterocycles. The number of benzene rings is 1. The molecule has 3 rings (SSSR count). The molecular weight excluding hydrogens is 375 g/mol. The Kier molecular flexibility index (Phi) is 7.63. The Balaban J connectivity index is 1.69. The van der Waals surface area contributed by atoms with E-state index in [0.29, 0.717) is 25.3 Å². The molecule has 0 aromatic heterocycles. The van der Waals surface area contributed by atoms with Crippen LogP contribution in [-0.4, -0.2) is 55.2 Å². The first-order valence-corrected chi connectivity index (χ1v) is 10.4. The minimum Gasteiger partial charge on any atom is -0.482 e. The molecule has 158 valence electrons. The molecule has 1 aliphatic heterocycles. The van der Waals surface area contributed by atoms with Crippen LogP contribution >= 0.6 is 0 Å². The lowest BCUT2D eigenvalue weighted by Crippen LogP contribution is -2.57. The smallest absolute Gasteiger partial charge is 0.289 e. The maximum absolute atomic E-state index is 13.5. The molecule has 0 bridgehead atoms. The van der Waals surface area contributed by atoms with Crippen molar-refractivity contribution in [3.05, 3.63) is 41.4 Å². The van der Waals surface area contributed by atoms with Crippen molar-refractivity contribution >= 4 is 17.9 Å². The zero-order chi connectivity index (χ0) is 20.6. The van der Waals surface area contributed by atoms with Crippen molar-refractivity contribution in [2.24, 2.45) is 0 Å². The summed E-state index contributed by atoms with van der Waals surface area (Å²) in [6.45, 7) is 3.69. The van der Waals surface area contributed by atoms with Crippen molar-refractivity contribution in [1.29, 1.82) is 0 Å². The molecule has 1 aromatic carbocycles. The zero-order valence-electron chi connectivity index (χ0n) is 16.9. The summed E-state index contributed by atoms with van der Waals surface area (Å²) in [6, 6.07) is 5.91. The van der Waals surface area contributed by atoms with Crippen LogP contribution in [0.25, 0.3) is 6.08 Å². The number of rotatable bonds is 8. The van der Waals surface area contributed by atoms with Crippen LogP contribution in [0.3, 0.4) is 0 Å². The fraction of sp³-hybridized carbons (Fsp3) is 0.545. The monoisotopic (exact) mass is 404 g/mol. The van der Waals surface area contributed by atoms with Gasteiger partial charge in [0.15, 0.2) is 5.76 Å². The minimum absolute atomic E-state index is 0.00150. The molecule has 1 aromatic rings. The Morgan fingerprint density at radius 1 is 1.38 bits per heavy atom. The largest absolute Gasteiger partial charge is 0.482 e. The van der Waals surface area contributed by atoms with E-state index in [2.05, 4.69) is 5.32 Å². The molecule has 1 aliphatic carbocycles. The first kappa shape index (κ1) is 21.3. The van der Waals surface area contributed by atoms with Crippen molar-refractivity contribution in [3.63, 3.8) is 0 Å². The third-order valence-electron chi connectivity index (χ3n) is 5.27. The molecule has 1 saturated carbocycles. The molecule has 2 fully saturated rings. The molecule has 2 unspecified atom stereocenters. The minimum atomic E-state index is -0.374. The predicted molar refractivity (Wildman–Crippen MR) is 107 cm³/mol. The van der Waals surface area contributed by atoms with Crippen molar-refractivity contribution in [2.45, 2.75) is 51.2 Å². The van der Waals surface area contributed by atoms with Gasteiger partial charge < -0.3 is 19.7 Å². The van der Waals surface area contributed by atoms with Crippen LogP contribution in [0.2, 0.25) is 0 Å². The summed E-state index contributed by atoms with van der Waals surface area (Å²) in [4.78, 5) is 27.1. The topological polar surface area (TPSA) is 67.9 Å². The van der Waals surface area contributed by atoms with Gasteiger partial charge in [0.1, 0.15) is 18.5 Å².